The average molecular weight is 267 g/mol. The van der Waals surface area contributed by atoms with Crippen molar-refractivity contribution >= 4 is 23.6 Å². The Hall–Kier alpha value is -1.49. The van der Waals surface area contributed by atoms with Gasteiger partial charge in [-0.3, -0.25) is 4.79 Å². The molecule has 0 aliphatic heterocycles. The van der Waals surface area contributed by atoms with E-state index in [9.17, 15) is 9.59 Å². The van der Waals surface area contributed by atoms with Crippen molar-refractivity contribution in [1.29, 1.82) is 0 Å². The topological polar surface area (TPSA) is 55.4 Å². The van der Waals surface area contributed by atoms with Crippen LogP contribution < -0.4 is 5.32 Å². The molecule has 0 saturated heterocycles. The Bertz CT molecular complexity index is 434. The van der Waals surface area contributed by atoms with E-state index < -0.39 is 12.0 Å². The second-order valence-corrected chi connectivity index (χ2v) is 4.65. The maximum absolute atomic E-state index is 11.8. The number of hydrogen-bond acceptors (Lipinski definition) is 4. The van der Waals surface area contributed by atoms with Gasteiger partial charge in [-0.15, -0.1) is 11.8 Å². The first-order valence-electron chi connectivity index (χ1n) is 5.57. The first kappa shape index (κ1) is 14.6. The molecule has 4 nitrogen and oxygen atoms in total. The molecule has 0 radical (unpaired) electrons. The van der Waals surface area contributed by atoms with Crippen LogP contribution in [0.25, 0.3) is 0 Å². The summed E-state index contributed by atoms with van der Waals surface area (Å²) in [7, 11) is 1.30. The van der Waals surface area contributed by atoms with Crippen LogP contribution in [-0.2, 0) is 20.7 Å². The molecular weight excluding hydrogens is 250 g/mol. The van der Waals surface area contributed by atoms with Gasteiger partial charge >= 0.3 is 5.97 Å². The number of benzene rings is 1. The summed E-state index contributed by atoms with van der Waals surface area (Å²) in [5.41, 5.74) is 0.958. The second-order valence-electron chi connectivity index (χ2n) is 3.80. The highest BCUT2D eigenvalue weighted by molar-refractivity contribution is 7.98. The van der Waals surface area contributed by atoms with Crippen molar-refractivity contribution in [2.45, 2.75) is 24.3 Å². The van der Waals surface area contributed by atoms with E-state index in [1.807, 2.05) is 30.5 Å². The van der Waals surface area contributed by atoms with E-state index in [1.165, 1.54) is 7.11 Å². The molecule has 0 aliphatic rings. The number of ether oxygens (including phenoxy) is 1. The predicted molar refractivity (Wildman–Crippen MR) is 71.5 cm³/mol. The molecular formula is C13H17NO3S. The van der Waals surface area contributed by atoms with Gasteiger partial charge in [-0.05, 0) is 24.8 Å². The fraction of sp³-hybridized carbons (Fsp3) is 0.385. The third-order valence-electron chi connectivity index (χ3n) is 2.48. The normalized spacial score (nSPS) is 11.7. The lowest BCUT2D eigenvalue weighted by molar-refractivity contribution is -0.144. The Morgan fingerprint density at radius 3 is 2.67 bits per heavy atom. The highest BCUT2D eigenvalue weighted by atomic mass is 32.2. The van der Waals surface area contributed by atoms with Crippen LogP contribution in [0.4, 0.5) is 0 Å². The van der Waals surface area contributed by atoms with E-state index in [-0.39, 0.29) is 12.3 Å². The van der Waals surface area contributed by atoms with Crippen LogP contribution in [0.15, 0.2) is 29.2 Å². The Morgan fingerprint density at radius 1 is 1.39 bits per heavy atom. The largest absolute Gasteiger partial charge is 0.467 e. The van der Waals surface area contributed by atoms with Crippen molar-refractivity contribution in [2.75, 3.05) is 13.4 Å². The molecule has 0 aromatic heterocycles. The van der Waals surface area contributed by atoms with Crippen molar-refractivity contribution in [3.05, 3.63) is 29.8 Å². The Kier molecular flexibility index (Phi) is 5.71. The van der Waals surface area contributed by atoms with Crippen molar-refractivity contribution < 1.29 is 14.3 Å². The molecule has 1 N–H and O–H groups in total. The van der Waals surface area contributed by atoms with Crippen LogP contribution in [0.5, 0.6) is 0 Å². The van der Waals surface area contributed by atoms with Crippen LogP contribution in [0.1, 0.15) is 12.5 Å². The molecule has 0 saturated carbocycles. The summed E-state index contributed by atoms with van der Waals surface area (Å²) in [6.45, 7) is 1.60. The standard InChI is InChI=1S/C13H17NO3S/c1-9(13(16)17-2)14-12(15)8-10-6-4-5-7-11(10)18-3/h4-7,9H,8H2,1-3H3,(H,14,15). The van der Waals surface area contributed by atoms with Gasteiger partial charge in [-0.2, -0.15) is 0 Å². The number of thioether (sulfide) groups is 1. The second kappa shape index (κ2) is 7.06. The lowest BCUT2D eigenvalue weighted by Crippen LogP contribution is -2.39. The molecule has 1 atom stereocenters. The molecule has 1 unspecified atom stereocenters. The third kappa shape index (κ3) is 4.07. The molecule has 1 amide bonds. The van der Waals surface area contributed by atoms with E-state index in [4.69, 9.17) is 0 Å². The lowest BCUT2D eigenvalue weighted by Gasteiger charge is -2.12. The number of amides is 1. The predicted octanol–water partition coefficient (Wildman–Crippen LogP) is 1.63. The average Bonchev–Trinajstić information content (AvgIpc) is 2.38. The smallest absolute Gasteiger partial charge is 0.328 e. The van der Waals surface area contributed by atoms with Crippen molar-refractivity contribution in [3.8, 4) is 0 Å². The van der Waals surface area contributed by atoms with Gasteiger partial charge in [0.2, 0.25) is 5.91 Å². The highest BCUT2D eigenvalue weighted by Crippen LogP contribution is 2.20. The van der Waals surface area contributed by atoms with E-state index in [0.717, 1.165) is 10.5 Å². The zero-order valence-corrected chi connectivity index (χ0v) is 11.5. The molecule has 0 bridgehead atoms. The summed E-state index contributed by atoms with van der Waals surface area (Å²) in [6, 6.07) is 7.09. The summed E-state index contributed by atoms with van der Waals surface area (Å²) in [4.78, 5) is 24.0. The molecule has 5 heteroatoms. The molecule has 0 spiro atoms. The van der Waals surface area contributed by atoms with Gasteiger partial charge in [0.1, 0.15) is 6.04 Å². The van der Waals surface area contributed by atoms with Gasteiger partial charge in [0.05, 0.1) is 13.5 Å². The Morgan fingerprint density at radius 2 is 2.06 bits per heavy atom. The number of rotatable bonds is 5. The van der Waals surface area contributed by atoms with Gasteiger partial charge < -0.3 is 10.1 Å². The van der Waals surface area contributed by atoms with Crippen molar-refractivity contribution in [2.24, 2.45) is 0 Å². The van der Waals surface area contributed by atoms with Crippen LogP contribution in [-0.4, -0.2) is 31.3 Å². The summed E-state index contributed by atoms with van der Waals surface area (Å²) < 4.78 is 4.55. The van der Waals surface area contributed by atoms with E-state index in [0.29, 0.717) is 0 Å². The van der Waals surface area contributed by atoms with E-state index >= 15 is 0 Å². The van der Waals surface area contributed by atoms with Crippen LogP contribution >= 0.6 is 11.8 Å². The van der Waals surface area contributed by atoms with E-state index in [1.54, 1.807) is 18.7 Å². The van der Waals surface area contributed by atoms with Gasteiger partial charge in [0.15, 0.2) is 0 Å². The van der Waals surface area contributed by atoms with Gasteiger partial charge in [0.25, 0.3) is 0 Å². The number of hydrogen-bond donors (Lipinski definition) is 1. The summed E-state index contributed by atoms with van der Waals surface area (Å²) >= 11 is 1.60. The molecule has 1 aromatic rings. The maximum Gasteiger partial charge on any atom is 0.328 e. The van der Waals surface area contributed by atoms with Crippen LogP contribution in [0.3, 0.4) is 0 Å². The van der Waals surface area contributed by atoms with Crippen LogP contribution in [0, 0.1) is 0 Å². The quantitative estimate of drug-likeness (QED) is 0.651. The van der Waals surface area contributed by atoms with Gasteiger partial charge in [-0.25, -0.2) is 4.79 Å². The molecule has 0 fully saturated rings. The van der Waals surface area contributed by atoms with Crippen molar-refractivity contribution in [3.63, 3.8) is 0 Å². The molecule has 0 aliphatic carbocycles. The van der Waals surface area contributed by atoms with Crippen molar-refractivity contribution in [1.82, 2.24) is 5.32 Å². The number of nitrogens with one attached hydrogen (secondary N) is 1. The number of carbonyl (C=O) groups is 2. The first-order valence-corrected chi connectivity index (χ1v) is 6.80. The zero-order valence-electron chi connectivity index (χ0n) is 10.7. The number of esters is 1. The number of carbonyl (C=O) groups excluding carboxylic acids is 2. The zero-order chi connectivity index (χ0) is 13.5. The molecule has 1 rings (SSSR count). The minimum absolute atomic E-state index is 0.186. The monoisotopic (exact) mass is 267 g/mol. The van der Waals surface area contributed by atoms with Crippen LogP contribution in [0.2, 0.25) is 0 Å². The van der Waals surface area contributed by atoms with Gasteiger partial charge in [-0.1, -0.05) is 18.2 Å². The maximum atomic E-state index is 11.8. The SMILES string of the molecule is COC(=O)C(C)NC(=O)Cc1ccccc1SC. The molecule has 0 heterocycles. The summed E-state index contributed by atoms with van der Waals surface area (Å²) in [5.74, 6) is -0.629. The highest BCUT2D eigenvalue weighted by Gasteiger charge is 2.16. The Labute approximate surface area is 111 Å². The van der Waals surface area contributed by atoms with Gasteiger partial charge in [0, 0.05) is 4.90 Å². The molecule has 1 aromatic carbocycles. The number of methoxy groups -OCH3 is 1. The fourth-order valence-corrected chi connectivity index (χ4v) is 2.17. The molecule has 98 valence electrons. The summed E-state index contributed by atoms with van der Waals surface area (Å²) in [6.07, 6.45) is 2.23. The van der Waals surface area contributed by atoms with E-state index in [2.05, 4.69) is 10.1 Å². The fourth-order valence-electron chi connectivity index (χ4n) is 1.55. The minimum atomic E-state index is -0.621. The summed E-state index contributed by atoms with van der Waals surface area (Å²) in [5, 5.41) is 2.61. The Balaban J connectivity index is 2.62. The molecule has 18 heavy (non-hydrogen) atoms. The minimum Gasteiger partial charge on any atom is -0.467 e. The third-order valence-corrected chi connectivity index (χ3v) is 3.31. The first-order chi connectivity index (χ1) is 8.58. The lowest BCUT2D eigenvalue weighted by atomic mass is 10.1.